The number of hydrogen-bond donors (Lipinski definition) is 4. The third-order valence-corrected chi connectivity index (χ3v) is 6.52. The number of carboxylic acid groups (broad SMARTS) is 1. The fraction of sp³-hybridized carbons (Fsp3) is 0.143. The van der Waals surface area contributed by atoms with Crippen molar-refractivity contribution in [2.75, 3.05) is 0 Å². The molecule has 5 aromatic rings. The fourth-order valence-electron chi connectivity index (χ4n) is 4.60. The minimum absolute atomic E-state index is 0.0106. The van der Waals surface area contributed by atoms with Crippen molar-refractivity contribution in [1.29, 1.82) is 0 Å². The molecule has 5 rings (SSSR count). The number of carboxylic acids is 1. The summed E-state index contributed by atoms with van der Waals surface area (Å²) in [6.45, 7) is 0. The molecule has 0 unspecified atom stereocenters. The second-order valence-electron chi connectivity index (χ2n) is 8.98. The fourth-order valence-corrected chi connectivity index (χ4v) is 4.60. The van der Waals surface area contributed by atoms with Crippen LogP contribution in [-0.2, 0) is 22.4 Å². The Morgan fingerprint density at radius 3 is 2.26 bits per heavy atom. The zero-order chi connectivity index (χ0) is 26.8. The Morgan fingerprint density at radius 2 is 1.55 bits per heavy atom. The van der Waals surface area contributed by atoms with E-state index in [1.807, 2.05) is 24.3 Å². The number of carbonyl (C=O) groups excluding carboxylic acids is 2. The minimum atomic E-state index is -1.53. The highest BCUT2D eigenvalue weighted by molar-refractivity contribution is 5.88. The molecular weight excluding hydrogens is 488 g/mol. The van der Waals surface area contributed by atoms with Crippen LogP contribution in [0.5, 0.6) is 5.75 Å². The number of rotatable bonds is 8. The molecule has 4 N–H and O–H groups in total. The highest BCUT2D eigenvalue weighted by Crippen LogP contribution is 2.23. The number of aromatic nitrogens is 3. The number of para-hydroxylation sites is 2. The monoisotopic (exact) mass is 511 g/mol. The lowest BCUT2D eigenvalue weighted by atomic mass is 10.0. The van der Waals surface area contributed by atoms with E-state index in [-0.39, 0.29) is 24.0 Å². The van der Waals surface area contributed by atoms with Crippen LogP contribution < -0.4 is 21.7 Å². The molecule has 0 bridgehead atoms. The van der Waals surface area contributed by atoms with Gasteiger partial charge in [-0.2, -0.15) is 0 Å². The van der Waals surface area contributed by atoms with Gasteiger partial charge in [-0.15, -0.1) is 0 Å². The Hall–Kier alpha value is -5.12. The van der Waals surface area contributed by atoms with Gasteiger partial charge in [0.25, 0.3) is 5.56 Å². The number of aromatic hydroxyl groups is 1. The van der Waals surface area contributed by atoms with Crippen LogP contribution in [0, 0.1) is 0 Å². The minimum Gasteiger partial charge on any atom is -0.548 e. The molecule has 2 heterocycles. The van der Waals surface area contributed by atoms with Crippen LogP contribution in [0.25, 0.3) is 21.8 Å². The predicted molar refractivity (Wildman–Crippen MR) is 139 cm³/mol. The third kappa shape index (κ3) is 4.79. The lowest BCUT2D eigenvalue weighted by molar-refractivity contribution is -0.308. The predicted octanol–water partition coefficient (Wildman–Crippen LogP) is 1.14. The molecule has 2 atom stereocenters. The van der Waals surface area contributed by atoms with Gasteiger partial charge in [0.05, 0.1) is 22.9 Å². The van der Waals surface area contributed by atoms with Crippen molar-refractivity contribution in [2.24, 2.45) is 0 Å². The lowest BCUT2D eigenvalue weighted by Crippen LogP contribution is -2.53. The molecule has 38 heavy (non-hydrogen) atoms. The van der Waals surface area contributed by atoms with E-state index in [0.717, 1.165) is 15.5 Å². The highest BCUT2D eigenvalue weighted by Gasteiger charge is 2.28. The molecule has 0 saturated heterocycles. The van der Waals surface area contributed by atoms with Crippen LogP contribution in [0.2, 0.25) is 0 Å². The molecule has 0 fully saturated rings. The van der Waals surface area contributed by atoms with Gasteiger partial charge in [-0.1, -0.05) is 42.5 Å². The SMILES string of the molecule is O=C([O-])[C@H](Cc1ccc(O)cc1)NC(=O)[C@H](Cc1c[nH]c2ccccc12)n1c(=O)[nH]c2ccccc2c1=O. The first-order valence-corrected chi connectivity index (χ1v) is 11.9. The largest absolute Gasteiger partial charge is 0.548 e. The number of amides is 1. The summed E-state index contributed by atoms with van der Waals surface area (Å²) in [6.07, 6.45) is 1.51. The maximum absolute atomic E-state index is 13.6. The van der Waals surface area contributed by atoms with Crippen molar-refractivity contribution >= 4 is 33.7 Å². The Kier molecular flexibility index (Phi) is 6.53. The third-order valence-electron chi connectivity index (χ3n) is 6.52. The smallest absolute Gasteiger partial charge is 0.329 e. The van der Waals surface area contributed by atoms with E-state index in [0.29, 0.717) is 16.6 Å². The van der Waals surface area contributed by atoms with E-state index in [4.69, 9.17) is 0 Å². The summed E-state index contributed by atoms with van der Waals surface area (Å²) < 4.78 is 0.826. The molecule has 0 aliphatic carbocycles. The number of nitrogens with zero attached hydrogens (tertiary/aromatic N) is 1. The van der Waals surface area contributed by atoms with E-state index in [1.165, 1.54) is 24.3 Å². The highest BCUT2D eigenvalue weighted by atomic mass is 16.4. The molecule has 2 aromatic heterocycles. The lowest BCUT2D eigenvalue weighted by Gasteiger charge is -2.24. The van der Waals surface area contributed by atoms with Gasteiger partial charge in [0.1, 0.15) is 11.8 Å². The van der Waals surface area contributed by atoms with Crippen LogP contribution in [-0.4, -0.2) is 37.6 Å². The molecule has 10 heteroatoms. The molecule has 0 saturated carbocycles. The quantitative estimate of drug-likeness (QED) is 0.244. The van der Waals surface area contributed by atoms with E-state index in [1.54, 1.807) is 30.5 Å². The number of hydrogen-bond acceptors (Lipinski definition) is 6. The number of benzene rings is 3. The average molecular weight is 512 g/mol. The molecule has 0 radical (unpaired) electrons. The van der Waals surface area contributed by atoms with Gasteiger partial charge in [0.15, 0.2) is 0 Å². The molecule has 192 valence electrons. The molecule has 0 aliphatic rings. The molecule has 1 amide bonds. The number of nitrogens with one attached hydrogen (secondary N) is 3. The van der Waals surface area contributed by atoms with Gasteiger partial charge in [-0.25, -0.2) is 9.36 Å². The van der Waals surface area contributed by atoms with Crippen molar-refractivity contribution in [2.45, 2.75) is 24.9 Å². The van der Waals surface area contributed by atoms with E-state index in [2.05, 4.69) is 15.3 Å². The van der Waals surface area contributed by atoms with Crippen LogP contribution in [0.3, 0.4) is 0 Å². The van der Waals surface area contributed by atoms with Crippen LogP contribution >= 0.6 is 0 Å². The first kappa shape index (κ1) is 24.6. The van der Waals surface area contributed by atoms with Crippen molar-refractivity contribution in [1.82, 2.24) is 19.9 Å². The molecule has 3 aromatic carbocycles. The normalized spacial score (nSPS) is 12.8. The van der Waals surface area contributed by atoms with Gasteiger partial charge < -0.3 is 30.3 Å². The summed E-state index contributed by atoms with van der Waals surface area (Å²) in [4.78, 5) is 57.9. The Labute approximate surface area is 215 Å². The van der Waals surface area contributed by atoms with Gasteiger partial charge in [0, 0.05) is 23.5 Å². The van der Waals surface area contributed by atoms with Gasteiger partial charge in [-0.05, 0) is 47.9 Å². The zero-order valence-corrected chi connectivity index (χ0v) is 20.0. The van der Waals surface area contributed by atoms with Crippen LogP contribution in [0.4, 0.5) is 0 Å². The average Bonchev–Trinajstić information content (AvgIpc) is 3.31. The Balaban J connectivity index is 1.56. The van der Waals surface area contributed by atoms with E-state index >= 15 is 0 Å². The molecular formula is C28H23N4O6-. The number of phenolic OH excluding ortho intramolecular Hbond substituents is 1. The summed E-state index contributed by atoms with van der Waals surface area (Å²) in [7, 11) is 0. The van der Waals surface area contributed by atoms with E-state index in [9.17, 15) is 29.4 Å². The van der Waals surface area contributed by atoms with Crippen molar-refractivity contribution in [3.8, 4) is 5.75 Å². The summed E-state index contributed by atoms with van der Waals surface area (Å²) in [5.74, 6) is -2.35. The number of aromatic amines is 2. The van der Waals surface area contributed by atoms with Crippen LogP contribution in [0.1, 0.15) is 17.2 Å². The number of carbonyl (C=O) groups is 2. The van der Waals surface area contributed by atoms with Gasteiger partial charge in [0.2, 0.25) is 5.91 Å². The van der Waals surface area contributed by atoms with E-state index < -0.39 is 35.2 Å². The number of fused-ring (bicyclic) bond motifs is 2. The van der Waals surface area contributed by atoms with Crippen LogP contribution in [0.15, 0.2) is 88.6 Å². The second kappa shape index (κ2) is 10.1. The van der Waals surface area contributed by atoms with Crippen molar-refractivity contribution in [3.05, 3.63) is 111 Å². The standard InChI is InChI=1S/C28H24N4O6/c33-18-11-9-16(10-12-18)13-23(27(36)37)30-25(34)24(14-17-15-29-21-7-3-1-5-19(17)21)32-26(35)20-6-2-4-8-22(20)31-28(32)38/h1-12,15,23-24,29,33H,13-14H2,(H,30,34)(H,31,38)(H,36,37)/p-1/t23-,24-/m0/s1. The summed E-state index contributed by atoms with van der Waals surface area (Å²) in [5, 5.41) is 24.9. The van der Waals surface area contributed by atoms with Crippen molar-refractivity contribution < 1.29 is 19.8 Å². The number of aliphatic carboxylic acids is 1. The summed E-state index contributed by atoms with van der Waals surface area (Å²) in [5.41, 5.74) is 0.867. The molecule has 0 aliphatic heterocycles. The Bertz CT molecular complexity index is 1770. The summed E-state index contributed by atoms with van der Waals surface area (Å²) in [6, 6.07) is 16.9. The maximum Gasteiger partial charge on any atom is 0.329 e. The molecule has 0 spiro atoms. The van der Waals surface area contributed by atoms with Crippen molar-refractivity contribution in [3.63, 3.8) is 0 Å². The maximum atomic E-state index is 13.6. The summed E-state index contributed by atoms with van der Waals surface area (Å²) >= 11 is 0. The Morgan fingerprint density at radius 1 is 0.895 bits per heavy atom. The topological polar surface area (TPSA) is 160 Å². The van der Waals surface area contributed by atoms with Gasteiger partial charge >= 0.3 is 5.69 Å². The zero-order valence-electron chi connectivity index (χ0n) is 20.0. The number of phenols is 1. The molecule has 10 nitrogen and oxygen atoms in total. The van der Waals surface area contributed by atoms with Gasteiger partial charge in [-0.3, -0.25) is 9.59 Å². The second-order valence-corrected chi connectivity index (χ2v) is 8.98. The first-order chi connectivity index (χ1) is 18.3. The number of H-pyrrole nitrogens is 2. The first-order valence-electron chi connectivity index (χ1n) is 11.9.